The van der Waals surface area contributed by atoms with E-state index in [1.807, 2.05) is 6.07 Å². The van der Waals surface area contributed by atoms with Gasteiger partial charge in [-0.15, -0.1) is 0 Å². The van der Waals surface area contributed by atoms with Gasteiger partial charge in [-0.25, -0.2) is 5.01 Å². The Morgan fingerprint density at radius 3 is 2.48 bits per heavy atom. The first kappa shape index (κ1) is 15.2. The summed E-state index contributed by atoms with van der Waals surface area (Å²) in [5.74, 6) is -0.261. The third-order valence-electron chi connectivity index (χ3n) is 3.40. The average molecular weight is 319 g/mol. The van der Waals surface area contributed by atoms with E-state index in [0.29, 0.717) is 17.8 Å². The molecule has 0 bridgehead atoms. The molecular weight excluding hydrogens is 307 g/mol. The molecule has 0 unspecified atom stereocenters. The second kappa shape index (κ2) is 5.83. The molecule has 0 aliphatic carbocycles. The molecule has 1 aromatic carbocycles. The van der Waals surface area contributed by atoms with Gasteiger partial charge in [-0.3, -0.25) is 9.78 Å². The van der Waals surface area contributed by atoms with Crippen molar-refractivity contribution < 1.29 is 18.0 Å². The van der Waals surface area contributed by atoms with Crippen LogP contribution in [0.1, 0.15) is 17.5 Å². The molecule has 3 rings (SSSR count). The standard InChI is InChI=1S/C16H12F3N3O/c17-16(18,19)12-3-5-14(6-4-12)22-15(23)9-13(21-22)8-11-2-1-7-20-10-11/h1-7,10H,8-9H2. The van der Waals surface area contributed by atoms with E-state index in [9.17, 15) is 18.0 Å². The van der Waals surface area contributed by atoms with E-state index in [1.165, 1.54) is 12.1 Å². The van der Waals surface area contributed by atoms with Gasteiger partial charge in [-0.05, 0) is 35.9 Å². The van der Waals surface area contributed by atoms with E-state index in [-0.39, 0.29) is 12.3 Å². The third-order valence-corrected chi connectivity index (χ3v) is 3.40. The number of carbonyl (C=O) groups is 1. The summed E-state index contributed by atoms with van der Waals surface area (Å²) in [6.45, 7) is 0. The Bertz CT molecular complexity index is 739. The second-order valence-electron chi connectivity index (χ2n) is 5.13. The van der Waals surface area contributed by atoms with Crippen LogP contribution >= 0.6 is 0 Å². The van der Waals surface area contributed by atoms with Gasteiger partial charge in [0.05, 0.1) is 23.4 Å². The Kier molecular flexibility index (Phi) is 3.85. The Morgan fingerprint density at radius 1 is 1.13 bits per heavy atom. The first-order valence-corrected chi connectivity index (χ1v) is 6.89. The first-order valence-electron chi connectivity index (χ1n) is 6.89. The topological polar surface area (TPSA) is 45.6 Å². The summed E-state index contributed by atoms with van der Waals surface area (Å²) in [4.78, 5) is 16.0. The van der Waals surface area contributed by atoms with Gasteiger partial charge >= 0.3 is 6.18 Å². The largest absolute Gasteiger partial charge is 0.416 e. The molecule has 1 aliphatic heterocycles. The molecule has 0 spiro atoms. The molecule has 0 saturated carbocycles. The molecule has 2 aromatic rings. The highest BCUT2D eigenvalue weighted by atomic mass is 19.4. The Balaban J connectivity index is 1.78. The number of alkyl halides is 3. The first-order chi connectivity index (χ1) is 10.9. The highest BCUT2D eigenvalue weighted by Crippen LogP contribution is 2.31. The predicted octanol–water partition coefficient (Wildman–Crippen LogP) is 3.44. The number of nitrogens with zero attached hydrogens (tertiary/aromatic N) is 3. The summed E-state index contributed by atoms with van der Waals surface area (Å²) >= 11 is 0. The zero-order valence-corrected chi connectivity index (χ0v) is 11.9. The smallest absolute Gasteiger partial charge is 0.272 e. The number of halogens is 3. The monoisotopic (exact) mass is 319 g/mol. The SMILES string of the molecule is O=C1CC(Cc2cccnc2)=NN1c1ccc(C(F)(F)F)cc1. The van der Waals surface area contributed by atoms with Crippen LogP contribution in [-0.2, 0) is 17.4 Å². The lowest BCUT2D eigenvalue weighted by atomic mass is 10.1. The number of hydrogen-bond donors (Lipinski definition) is 0. The van der Waals surface area contributed by atoms with Crippen LogP contribution < -0.4 is 5.01 Å². The quantitative estimate of drug-likeness (QED) is 0.870. The van der Waals surface area contributed by atoms with Crippen molar-refractivity contribution in [3.63, 3.8) is 0 Å². The normalized spacial score (nSPS) is 15.0. The summed E-state index contributed by atoms with van der Waals surface area (Å²) in [5, 5.41) is 5.36. The number of amides is 1. The molecule has 118 valence electrons. The number of hydrogen-bond acceptors (Lipinski definition) is 3. The molecule has 0 N–H and O–H groups in total. The minimum absolute atomic E-state index is 0.149. The zero-order valence-electron chi connectivity index (χ0n) is 11.9. The van der Waals surface area contributed by atoms with Gasteiger partial charge in [0, 0.05) is 18.8 Å². The average Bonchev–Trinajstić information content (AvgIpc) is 2.88. The summed E-state index contributed by atoms with van der Waals surface area (Å²) in [6, 6.07) is 8.05. The molecule has 23 heavy (non-hydrogen) atoms. The number of carbonyl (C=O) groups excluding carboxylic acids is 1. The van der Waals surface area contributed by atoms with Crippen molar-refractivity contribution in [2.24, 2.45) is 5.10 Å². The van der Waals surface area contributed by atoms with Crippen molar-refractivity contribution in [1.29, 1.82) is 0 Å². The number of hydrazone groups is 1. The van der Waals surface area contributed by atoms with Crippen LogP contribution in [0.15, 0.2) is 53.9 Å². The van der Waals surface area contributed by atoms with Crippen LogP contribution in [0, 0.1) is 0 Å². The van der Waals surface area contributed by atoms with Crippen LogP contribution in [0.5, 0.6) is 0 Å². The maximum absolute atomic E-state index is 12.6. The summed E-state index contributed by atoms with van der Waals surface area (Å²) in [7, 11) is 0. The number of rotatable bonds is 3. The Labute approximate surface area is 130 Å². The van der Waals surface area contributed by atoms with Gasteiger partial charge in [0.15, 0.2) is 0 Å². The summed E-state index contributed by atoms with van der Waals surface area (Å²) < 4.78 is 37.7. The zero-order chi connectivity index (χ0) is 16.4. The number of aromatic nitrogens is 1. The van der Waals surface area contributed by atoms with Crippen LogP contribution in [-0.4, -0.2) is 16.6 Å². The maximum atomic E-state index is 12.6. The van der Waals surface area contributed by atoms with Gasteiger partial charge in [-0.2, -0.15) is 18.3 Å². The van der Waals surface area contributed by atoms with Crippen molar-refractivity contribution in [3.8, 4) is 0 Å². The lowest BCUT2D eigenvalue weighted by Crippen LogP contribution is -2.19. The third kappa shape index (κ3) is 3.39. The van der Waals surface area contributed by atoms with Gasteiger partial charge in [0.1, 0.15) is 0 Å². The van der Waals surface area contributed by atoms with E-state index >= 15 is 0 Å². The van der Waals surface area contributed by atoms with Gasteiger partial charge in [0.25, 0.3) is 5.91 Å². The van der Waals surface area contributed by atoms with Crippen LogP contribution in [0.2, 0.25) is 0 Å². The fourth-order valence-corrected chi connectivity index (χ4v) is 2.31. The Morgan fingerprint density at radius 2 is 1.87 bits per heavy atom. The minimum atomic E-state index is -4.40. The van der Waals surface area contributed by atoms with Crippen molar-refractivity contribution in [3.05, 3.63) is 59.9 Å². The molecule has 0 atom stereocenters. The van der Waals surface area contributed by atoms with Crippen molar-refractivity contribution in [1.82, 2.24) is 4.98 Å². The van der Waals surface area contributed by atoms with E-state index in [4.69, 9.17) is 0 Å². The van der Waals surface area contributed by atoms with Gasteiger partial charge in [-0.1, -0.05) is 6.07 Å². The summed E-state index contributed by atoms with van der Waals surface area (Å²) in [5.41, 5.74) is 1.15. The molecule has 1 aromatic heterocycles. The van der Waals surface area contributed by atoms with Crippen molar-refractivity contribution in [2.75, 3.05) is 5.01 Å². The highest BCUT2D eigenvalue weighted by molar-refractivity contribution is 6.13. The molecular formula is C16H12F3N3O. The van der Waals surface area contributed by atoms with Gasteiger partial charge < -0.3 is 0 Å². The molecule has 0 radical (unpaired) electrons. The van der Waals surface area contributed by atoms with Crippen LogP contribution in [0.25, 0.3) is 0 Å². The molecule has 7 heteroatoms. The predicted molar refractivity (Wildman–Crippen MR) is 78.9 cm³/mol. The molecule has 0 fully saturated rings. The molecule has 4 nitrogen and oxygen atoms in total. The molecule has 0 saturated heterocycles. The van der Waals surface area contributed by atoms with Crippen molar-refractivity contribution >= 4 is 17.3 Å². The van der Waals surface area contributed by atoms with E-state index in [2.05, 4.69) is 10.1 Å². The Hall–Kier alpha value is -2.70. The fourth-order valence-electron chi connectivity index (χ4n) is 2.31. The fraction of sp³-hybridized carbons (Fsp3) is 0.188. The van der Waals surface area contributed by atoms with E-state index < -0.39 is 11.7 Å². The van der Waals surface area contributed by atoms with Crippen LogP contribution in [0.3, 0.4) is 0 Å². The highest BCUT2D eigenvalue weighted by Gasteiger charge is 2.31. The van der Waals surface area contributed by atoms with E-state index in [0.717, 1.165) is 22.7 Å². The number of pyridine rings is 1. The lowest BCUT2D eigenvalue weighted by Gasteiger charge is -2.13. The molecule has 1 amide bonds. The van der Waals surface area contributed by atoms with Crippen molar-refractivity contribution in [2.45, 2.75) is 19.0 Å². The second-order valence-corrected chi connectivity index (χ2v) is 5.13. The number of benzene rings is 1. The molecule has 2 heterocycles. The summed E-state index contributed by atoms with van der Waals surface area (Å²) in [6.07, 6.45) is -0.428. The molecule has 1 aliphatic rings. The van der Waals surface area contributed by atoms with Gasteiger partial charge in [0.2, 0.25) is 0 Å². The minimum Gasteiger partial charge on any atom is -0.272 e. The maximum Gasteiger partial charge on any atom is 0.416 e. The van der Waals surface area contributed by atoms with E-state index in [1.54, 1.807) is 18.5 Å². The number of anilines is 1. The lowest BCUT2D eigenvalue weighted by molar-refractivity contribution is -0.137. The van der Waals surface area contributed by atoms with Crippen LogP contribution in [0.4, 0.5) is 18.9 Å².